The van der Waals surface area contributed by atoms with Crippen molar-refractivity contribution >= 4 is 31.6 Å². The maximum atomic E-state index is 13.0. The van der Waals surface area contributed by atoms with Crippen LogP contribution in [0.15, 0.2) is 53.4 Å². The van der Waals surface area contributed by atoms with Gasteiger partial charge in [-0.1, -0.05) is 12.1 Å². The molecule has 0 aliphatic carbocycles. The monoisotopic (exact) mass is 412 g/mol. The molecule has 1 fully saturated rings. The molecule has 0 amide bonds. The smallest absolute Gasteiger partial charge is 0.239 e. The van der Waals surface area contributed by atoms with Crippen molar-refractivity contribution < 1.29 is 21.6 Å². The van der Waals surface area contributed by atoms with Crippen molar-refractivity contribution in [3.63, 3.8) is 0 Å². The number of aromatic nitrogens is 1. The minimum absolute atomic E-state index is 0.136. The van der Waals surface area contributed by atoms with Gasteiger partial charge in [0.25, 0.3) is 0 Å². The number of rotatable bonds is 3. The van der Waals surface area contributed by atoms with E-state index in [1.165, 1.54) is 15.6 Å². The van der Waals surface area contributed by atoms with Gasteiger partial charge in [0.1, 0.15) is 5.01 Å². The van der Waals surface area contributed by atoms with E-state index in [4.69, 9.17) is 0 Å². The van der Waals surface area contributed by atoms with Crippen LogP contribution in [-0.4, -0.2) is 24.3 Å². The van der Waals surface area contributed by atoms with Crippen LogP contribution in [0, 0.1) is 0 Å². The maximum absolute atomic E-state index is 13.0. The standard InChI is InChI=1S/C18H15F3N2O2S2/c19-18(20,21)12-7-9-13(10-8-12)27(24,25)23-11-3-5-15(23)17-22-14-4-1-2-6-16(14)26-17/h1-2,4,6-10,15H,3,5,11H2/t15-/m1/s1. The Hall–Kier alpha value is -1.97. The van der Waals surface area contributed by atoms with Crippen LogP contribution in [0.1, 0.15) is 29.5 Å². The van der Waals surface area contributed by atoms with Gasteiger partial charge in [-0.3, -0.25) is 0 Å². The molecule has 1 saturated heterocycles. The molecule has 0 unspecified atom stereocenters. The number of sulfonamides is 1. The first-order valence-corrected chi connectivity index (χ1v) is 10.6. The average molecular weight is 412 g/mol. The lowest BCUT2D eigenvalue weighted by atomic mass is 10.2. The molecule has 1 aromatic heterocycles. The fourth-order valence-electron chi connectivity index (χ4n) is 3.26. The highest BCUT2D eigenvalue weighted by atomic mass is 32.2. The Morgan fingerprint density at radius 3 is 2.44 bits per heavy atom. The van der Waals surface area contributed by atoms with E-state index in [-0.39, 0.29) is 4.90 Å². The summed E-state index contributed by atoms with van der Waals surface area (Å²) in [6, 6.07) is 10.8. The molecule has 4 nitrogen and oxygen atoms in total. The van der Waals surface area contributed by atoms with Gasteiger partial charge in [0.2, 0.25) is 10.0 Å². The van der Waals surface area contributed by atoms with E-state index < -0.39 is 27.8 Å². The van der Waals surface area contributed by atoms with Crippen LogP contribution in [0.3, 0.4) is 0 Å². The zero-order valence-corrected chi connectivity index (χ0v) is 15.6. The molecule has 1 atom stereocenters. The van der Waals surface area contributed by atoms with E-state index >= 15 is 0 Å². The number of alkyl halides is 3. The highest BCUT2D eigenvalue weighted by Crippen LogP contribution is 2.40. The zero-order chi connectivity index (χ0) is 19.2. The van der Waals surface area contributed by atoms with E-state index in [0.29, 0.717) is 24.4 Å². The van der Waals surface area contributed by atoms with Gasteiger partial charge in [-0.15, -0.1) is 11.3 Å². The quantitative estimate of drug-likeness (QED) is 0.619. The van der Waals surface area contributed by atoms with Crippen molar-refractivity contribution in [2.75, 3.05) is 6.54 Å². The van der Waals surface area contributed by atoms with Crippen LogP contribution in [-0.2, 0) is 16.2 Å². The molecule has 9 heteroatoms. The van der Waals surface area contributed by atoms with Gasteiger partial charge in [-0.2, -0.15) is 17.5 Å². The third-order valence-corrected chi connectivity index (χ3v) is 7.65. The lowest BCUT2D eigenvalue weighted by Gasteiger charge is -2.22. The minimum Gasteiger partial charge on any atom is -0.239 e. The van der Waals surface area contributed by atoms with Crippen molar-refractivity contribution in [2.45, 2.75) is 30.0 Å². The number of thiazole rings is 1. The molecule has 142 valence electrons. The van der Waals surface area contributed by atoms with E-state index in [1.807, 2.05) is 24.3 Å². The molecule has 1 aliphatic heterocycles. The van der Waals surface area contributed by atoms with Gasteiger partial charge in [-0.05, 0) is 49.2 Å². The predicted molar refractivity (Wildman–Crippen MR) is 96.9 cm³/mol. The summed E-state index contributed by atoms with van der Waals surface area (Å²) in [7, 11) is -3.90. The second-order valence-electron chi connectivity index (χ2n) is 6.32. The highest BCUT2D eigenvalue weighted by molar-refractivity contribution is 7.89. The van der Waals surface area contributed by atoms with Gasteiger partial charge in [-0.25, -0.2) is 13.4 Å². The van der Waals surface area contributed by atoms with Crippen molar-refractivity contribution in [3.05, 3.63) is 59.1 Å². The summed E-state index contributed by atoms with van der Waals surface area (Å²) in [5.41, 5.74) is -0.0538. The lowest BCUT2D eigenvalue weighted by Crippen LogP contribution is -2.30. The Kier molecular flexibility index (Phi) is 4.48. The average Bonchev–Trinajstić information content (AvgIpc) is 3.28. The first-order valence-electron chi connectivity index (χ1n) is 8.31. The largest absolute Gasteiger partial charge is 0.416 e. The van der Waals surface area contributed by atoms with E-state index in [9.17, 15) is 21.6 Å². The Morgan fingerprint density at radius 1 is 1.07 bits per heavy atom. The number of fused-ring (bicyclic) bond motifs is 1. The van der Waals surface area contributed by atoms with Crippen molar-refractivity contribution in [1.82, 2.24) is 9.29 Å². The summed E-state index contributed by atoms with van der Waals surface area (Å²) in [5.74, 6) is 0. The molecule has 2 heterocycles. The van der Waals surface area contributed by atoms with Crippen LogP contribution in [0.2, 0.25) is 0 Å². The molecule has 0 N–H and O–H groups in total. The minimum atomic E-state index is -4.50. The number of para-hydroxylation sites is 1. The third-order valence-electron chi connectivity index (χ3n) is 4.59. The first-order chi connectivity index (χ1) is 12.8. The van der Waals surface area contributed by atoms with Gasteiger partial charge in [0, 0.05) is 6.54 Å². The Bertz CT molecular complexity index is 1040. The first kappa shape index (κ1) is 18.4. The van der Waals surface area contributed by atoms with Crippen LogP contribution in [0.5, 0.6) is 0 Å². The highest BCUT2D eigenvalue weighted by Gasteiger charge is 2.38. The van der Waals surface area contributed by atoms with Crippen molar-refractivity contribution in [3.8, 4) is 0 Å². The molecule has 0 radical (unpaired) electrons. The number of halogens is 3. The lowest BCUT2D eigenvalue weighted by molar-refractivity contribution is -0.137. The molecular formula is C18H15F3N2O2S2. The van der Waals surface area contributed by atoms with Gasteiger partial charge < -0.3 is 0 Å². The summed E-state index contributed by atoms with van der Waals surface area (Å²) < 4.78 is 66.6. The van der Waals surface area contributed by atoms with E-state index in [2.05, 4.69) is 4.98 Å². The normalized spacial score (nSPS) is 19.0. The summed E-state index contributed by atoms with van der Waals surface area (Å²) in [5, 5.41) is 0.712. The second-order valence-corrected chi connectivity index (χ2v) is 9.27. The SMILES string of the molecule is O=S(=O)(c1ccc(C(F)(F)F)cc1)N1CCC[C@@H]1c1nc2ccccc2s1. The molecule has 1 aliphatic rings. The fourth-order valence-corrected chi connectivity index (χ4v) is 6.10. The van der Waals surface area contributed by atoms with Gasteiger partial charge >= 0.3 is 6.18 Å². The zero-order valence-electron chi connectivity index (χ0n) is 14.0. The third kappa shape index (κ3) is 3.35. The molecule has 4 rings (SSSR count). The summed E-state index contributed by atoms with van der Waals surface area (Å²) in [4.78, 5) is 4.43. The maximum Gasteiger partial charge on any atom is 0.416 e. The van der Waals surface area contributed by atoms with Crippen LogP contribution in [0.4, 0.5) is 13.2 Å². The van der Waals surface area contributed by atoms with Crippen LogP contribution >= 0.6 is 11.3 Å². The Balaban J connectivity index is 1.68. The van der Waals surface area contributed by atoms with E-state index in [0.717, 1.165) is 34.5 Å². The van der Waals surface area contributed by atoms with E-state index in [1.54, 1.807) is 0 Å². The van der Waals surface area contributed by atoms with Gasteiger partial charge in [0.05, 0.1) is 26.7 Å². The van der Waals surface area contributed by atoms with Crippen molar-refractivity contribution in [1.29, 1.82) is 0 Å². The Morgan fingerprint density at radius 2 is 1.78 bits per heavy atom. The fraction of sp³-hybridized carbons (Fsp3) is 0.278. The molecule has 3 aromatic rings. The Labute approximate surface area is 158 Å². The topological polar surface area (TPSA) is 50.3 Å². The molecule has 0 bridgehead atoms. The van der Waals surface area contributed by atoms with Crippen LogP contribution in [0.25, 0.3) is 10.2 Å². The number of hydrogen-bond donors (Lipinski definition) is 0. The molecule has 2 aromatic carbocycles. The van der Waals surface area contributed by atoms with Crippen LogP contribution < -0.4 is 0 Å². The summed E-state index contributed by atoms with van der Waals surface area (Å²) in [6.07, 6.45) is -3.18. The summed E-state index contributed by atoms with van der Waals surface area (Å²) >= 11 is 1.45. The summed E-state index contributed by atoms with van der Waals surface area (Å²) in [6.45, 7) is 0.323. The molecular weight excluding hydrogens is 397 g/mol. The molecule has 0 saturated carbocycles. The number of benzene rings is 2. The predicted octanol–water partition coefficient (Wildman–Crippen LogP) is 4.84. The number of hydrogen-bond acceptors (Lipinski definition) is 4. The molecule has 27 heavy (non-hydrogen) atoms. The number of nitrogens with zero attached hydrogens (tertiary/aromatic N) is 2. The van der Waals surface area contributed by atoms with Crippen molar-refractivity contribution in [2.24, 2.45) is 0 Å². The van der Waals surface area contributed by atoms with Gasteiger partial charge in [0.15, 0.2) is 0 Å². The second kappa shape index (κ2) is 6.57. The molecule has 0 spiro atoms.